The van der Waals surface area contributed by atoms with Crippen LogP contribution < -0.4 is 5.32 Å². The molecule has 0 saturated carbocycles. The van der Waals surface area contributed by atoms with Gasteiger partial charge in [-0.3, -0.25) is 14.4 Å². The van der Waals surface area contributed by atoms with Gasteiger partial charge in [-0.1, -0.05) is 18.2 Å². The highest BCUT2D eigenvalue weighted by molar-refractivity contribution is 6.06. The second-order valence-corrected chi connectivity index (χ2v) is 8.32. The summed E-state index contributed by atoms with van der Waals surface area (Å²) < 4.78 is 5.94. The second kappa shape index (κ2) is 9.62. The molecule has 2 fully saturated rings. The number of nitrogens with one attached hydrogen (secondary N) is 1. The van der Waals surface area contributed by atoms with Crippen LogP contribution in [0.4, 0.5) is 0 Å². The summed E-state index contributed by atoms with van der Waals surface area (Å²) in [6.07, 6.45) is -0.436. The molecule has 9 heteroatoms. The van der Waals surface area contributed by atoms with Crippen molar-refractivity contribution in [2.24, 2.45) is 0 Å². The van der Waals surface area contributed by atoms with Crippen molar-refractivity contribution in [3.8, 4) is 0 Å². The first-order chi connectivity index (χ1) is 15.4. The van der Waals surface area contributed by atoms with E-state index in [1.54, 1.807) is 4.90 Å². The smallest absolute Gasteiger partial charge is 0.254 e. The van der Waals surface area contributed by atoms with E-state index in [1.165, 1.54) is 6.92 Å². The molecule has 0 aliphatic carbocycles. The van der Waals surface area contributed by atoms with Gasteiger partial charge in [0.1, 0.15) is 6.10 Å². The number of carbonyl (C=O) groups is 3. The third kappa shape index (κ3) is 4.89. The Bertz CT molecular complexity index is 1020. The monoisotopic (exact) mass is 439 g/mol. The number of pyridine rings is 1. The summed E-state index contributed by atoms with van der Waals surface area (Å²) in [6, 6.07) is 9.43. The number of nitrogens with zero attached hydrogens (tertiary/aromatic N) is 4. The Balaban J connectivity index is 1.59. The van der Waals surface area contributed by atoms with E-state index in [9.17, 15) is 14.4 Å². The predicted octanol–water partition coefficient (Wildman–Crippen LogP) is 0.658. The maximum absolute atomic E-state index is 13.4. The fraction of sp³-hybridized carbons (Fsp3) is 0.478. The number of amides is 3. The number of para-hydroxylation sites is 1. The summed E-state index contributed by atoms with van der Waals surface area (Å²) in [6.45, 7) is 5.55. The molecule has 2 aliphatic heterocycles. The Morgan fingerprint density at radius 1 is 1.09 bits per heavy atom. The van der Waals surface area contributed by atoms with E-state index in [0.717, 1.165) is 24.0 Å². The molecule has 0 unspecified atom stereocenters. The molecule has 1 aromatic carbocycles. The molecule has 3 amide bonds. The molecule has 2 saturated heterocycles. The van der Waals surface area contributed by atoms with Crippen LogP contribution in [0.25, 0.3) is 10.9 Å². The summed E-state index contributed by atoms with van der Waals surface area (Å²) in [4.78, 5) is 47.5. The zero-order chi connectivity index (χ0) is 22.7. The van der Waals surface area contributed by atoms with Gasteiger partial charge in [-0.2, -0.15) is 0 Å². The number of carbonyl (C=O) groups excluding carboxylic acids is 3. The van der Waals surface area contributed by atoms with Crippen LogP contribution in [0.5, 0.6) is 0 Å². The molecule has 32 heavy (non-hydrogen) atoms. The van der Waals surface area contributed by atoms with Gasteiger partial charge in [-0.25, -0.2) is 4.98 Å². The number of piperazine rings is 1. The standard InChI is InChI=1S/C23H29N5O4/c1-16(29)24-14-22(30)28-11-12-32-21(15-28)20-13-18(17-5-3-4-6-19(17)25-20)23(31)27-9-7-26(2)8-10-27/h3-6,13,21H,7-12,14-15H2,1-2H3,(H,24,29)/t21-/m1/s1. The molecule has 1 atom stereocenters. The molecule has 9 nitrogen and oxygen atoms in total. The van der Waals surface area contributed by atoms with Crippen LogP contribution in [-0.4, -0.2) is 96.9 Å². The summed E-state index contributed by atoms with van der Waals surface area (Å²) in [5.41, 5.74) is 1.98. The molecular formula is C23H29N5O4. The summed E-state index contributed by atoms with van der Waals surface area (Å²) >= 11 is 0. The van der Waals surface area contributed by atoms with Crippen molar-refractivity contribution >= 4 is 28.6 Å². The minimum Gasteiger partial charge on any atom is -0.368 e. The highest BCUT2D eigenvalue weighted by Gasteiger charge is 2.29. The number of hydrogen-bond donors (Lipinski definition) is 1. The van der Waals surface area contributed by atoms with E-state index >= 15 is 0 Å². The molecule has 4 rings (SSSR count). The van der Waals surface area contributed by atoms with Gasteiger partial charge in [0.15, 0.2) is 0 Å². The average molecular weight is 440 g/mol. The lowest BCUT2D eigenvalue weighted by atomic mass is 10.0. The van der Waals surface area contributed by atoms with Gasteiger partial charge >= 0.3 is 0 Å². The zero-order valence-electron chi connectivity index (χ0n) is 18.5. The Morgan fingerprint density at radius 3 is 2.59 bits per heavy atom. The fourth-order valence-electron chi connectivity index (χ4n) is 4.08. The van der Waals surface area contributed by atoms with Gasteiger partial charge in [-0.05, 0) is 19.2 Å². The molecule has 1 aromatic heterocycles. The molecule has 2 aliphatic rings. The number of fused-ring (bicyclic) bond motifs is 1. The number of morpholine rings is 1. The summed E-state index contributed by atoms with van der Waals surface area (Å²) in [7, 11) is 2.06. The largest absolute Gasteiger partial charge is 0.368 e. The van der Waals surface area contributed by atoms with Crippen LogP contribution >= 0.6 is 0 Å². The van der Waals surface area contributed by atoms with Crippen LogP contribution in [0.1, 0.15) is 29.1 Å². The van der Waals surface area contributed by atoms with Crippen LogP contribution in [0.15, 0.2) is 30.3 Å². The van der Waals surface area contributed by atoms with E-state index in [-0.39, 0.29) is 24.3 Å². The second-order valence-electron chi connectivity index (χ2n) is 8.32. The van der Waals surface area contributed by atoms with E-state index in [4.69, 9.17) is 9.72 Å². The molecule has 2 aromatic rings. The number of benzene rings is 1. The molecule has 0 radical (unpaired) electrons. The number of likely N-dealkylation sites (N-methyl/N-ethyl adjacent to an activating group) is 1. The number of rotatable bonds is 4. The quantitative estimate of drug-likeness (QED) is 0.752. The van der Waals surface area contributed by atoms with Crippen molar-refractivity contribution < 1.29 is 19.1 Å². The predicted molar refractivity (Wildman–Crippen MR) is 119 cm³/mol. The number of hydrogen-bond acceptors (Lipinski definition) is 6. The molecule has 170 valence electrons. The van der Waals surface area contributed by atoms with Gasteiger partial charge in [0.2, 0.25) is 11.8 Å². The molecule has 0 spiro atoms. The van der Waals surface area contributed by atoms with Gasteiger partial charge < -0.3 is 24.8 Å². The van der Waals surface area contributed by atoms with Crippen LogP contribution in [0.2, 0.25) is 0 Å². The highest BCUT2D eigenvalue weighted by atomic mass is 16.5. The normalized spacial score (nSPS) is 19.8. The molecular weight excluding hydrogens is 410 g/mol. The Hall–Kier alpha value is -3.04. The van der Waals surface area contributed by atoms with E-state index in [0.29, 0.717) is 44.0 Å². The van der Waals surface area contributed by atoms with Crippen LogP contribution in [0, 0.1) is 0 Å². The summed E-state index contributed by atoms with van der Waals surface area (Å²) in [5.74, 6) is -0.415. The van der Waals surface area contributed by atoms with Crippen molar-refractivity contribution in [3.63, 3.8) is 0 Å². The van der Waals surface area contributed by atoms with Crippen molar-refractivity contribution in [1.29, 1.82) is 0 Å². The SMILES string of the molecule is CC(=O)NCC(=O)N1CCO[C@@H](c2cc(C(=O)N3CCN(C)CC3)c3ccccc3n2)C1. The maximum Gasteiger partial charge on any atom is 0.254 e. The Morgan fingerprint density at radius 2 is 1.84 bits per heavy atom. The van der Waals surface area contributed by atoms with Crippen LogP contribution in [-0.2, 0) is 14.3 Å². The van der Waals surface area contributed by atoms with Gasteiger partial charge in [0, 0.05) is 45.0 Å². The third-order valence-electron chi connectivity index (χ3n) is 5.99. The number of aromatic nitrogens is 1. The minimum absolute atomic E-state index is 0.00708. The number of ether oxygens (including phenoxy) is 1. The van der Waals surface area contributed by atoms with Gasteiger partial charge in [0.25, 0.3) is 5.91 Å². The highest BCUT2D eigenvalue weighted by Crippen LogP contribution is 2.27. The topological polar surface area (TPSA) is 95.1 Å². The van der Waals surface area contributed by atoms with E-state index in [1.807, 2.05) is 35.2 Å². The van der Waals surface area contributed by atoms with E-state index < -0.39 is 6.10 Å². The summed E-state index contributed by atoms with van der Waals surface area (Å²) in [5, 5.41) is 3.36. The fourth-order valence-corrected chi connectivity index (χ4v) is 4.08. The van der Waals surface area contributed by atoms with Gasteiger partial charge in [0.05, 0.1) is 36.5 Å². The average Bonchev–Trinajstić information content (AvgIpc) is 2.82. The first-order valence-electron chi connectivity index (χ1n) is 10.9. The lowest BCUT2D eigenvalue weighted by Gasteiger charge is -2.34. The minimum atomic E-state index is -0.436. The van der Waals surface area contributed by atoms with Crippen molar-refractivity contribution in [3.05, 3.63) is 41.6 Å². The maximum atomic E-state index is 13.4. The molecule has 0 bridgehead atoms. The third-order valence-corrected chi connectivity index (χ3v) is 5.99. The Kier molecular flexibility index (Phi) is 6.66. The molecule has 1 N–H and O–H groups in total. The van der Waals surface area contributed by atoms with Crippen molar-refractivity contribution in [2.75, 3.05) is 59.5 Å². The molecule has 3 heterocycles. The zero-order valence-corrected chi connectivity index (χ0v) is 18.5. The Labute approximate surface area is 187 Å². The lowest BCUT2D eigenvalue weighted by molar-refractivity contribution is -0.139. The first-order valence-corrected chi connectivity index (χ1v) is 10.9. The lowest BCUT2D eigenvalue weighted by Crippen LogP contribution is -2.47. The van der Waals surface area contributed by atoms with E-state index in [2.05, 4.69) is 17.3 Å². The van der Waals surface area contributed by atoms with Gasteiger partial charge in [-0.15, -0.1) is 0 Å². The van der Waals surface area contributed by atoms with Crippen molar-refractivity contribution in [1.82, 2.24) is 25.0 Å². The first kappa shape index (κ1) is 22.2. The van der Waals surface area contributed by atoms with Crippen molar-refractivity contribution in [2.45, 2.75) is 13.0 Å². The van der Waals surface area contributed by atoms with Crippen LogP contribution in [0.3, 0.4) is 0 Å².